The number of nitrogens with zero attached hydrogens (tertiary/aromatic N) is 1. The molecule has 1 saturated heterocycles. The minimum atomic E-state index is -0.897. The first-order valence-electron chi connectivity index (χ1n) is 6.15. The van der Waals surface area contributed by atoms with E-state index in [0.29, 0.717) is 6.54 Å². The molecule has 0 bridgehead atoms. The van der Waals surface area contributed by atoms with E-state index >= 15 is 0 Å². The molecule has 1 aliphatic heterocycles. The van der Waals surface area contributed by atoms with E-state index in [9.17, 15) is 9.90 Å². The summed E-state index contributed by atoms with van der Waals surface area (Å²) >= 11 is 0. The Morgan fingerprint density at radius 3 is 2.71 bits per heavy atom. The molecule has 2 atom stereocenters. The number of carbonyl (C=O) groups is 1. The zero-order valence-corrected chi connectivity index (χ0v) is 11.2. The number of rotatable bonds is 3. The molecule has 100 valence electrons. The number of amides is 1. The molecule has 0 radical (unpaired) electrons. The molecule has 1 aliphatic rings. The van der Waals surface area contributed by atoms with Gasteiger partial charge in [0, 0.05) is 26.1 Å². The molecular weight excluding hydrogens is 220 g/mol. The third-order valence-corrected chi connectivity index (χ3v) is 2.63. The fourth-order valence-corrected chi connectivity index (χ4v) is 2.00. The van der Waals surface area contributed by atoms with Crippen LogP contribution in [0.15, 0.2) is 0 Å². The van der Waals surface area contributed by atoms with Crippen molar-refractivity contribution in [2.45, 2.75) is 58.6 Å². The molecule has 0 aromatic heterocycles. The van der Waals surface area contributed by atoms with Crippen molar-refractivity contribution in [1.29, 1.82) is 0 Å². The second-order valence-electron chi connectivity index (χ2n) is 5.59. The molecule has 0 aromatic rings. The first-order valence-corrected chi connectivity index (χ1v) is 6.15. The lowest BCUT2D eigenvalue weighted by molar-refractivity contribution is -0.243. The molecule has 1 fully saturated rings. The zero-order chi connectivity index (χ0) is 13.1. The van der Waals surface area contributed by atoms with Gasteiger partial charge in [0.05, 0.1) is 5.60 Å². The molecule has 5 heteroatoms. The summed E-state index contributed by atoms with van der Waals surface area (Å²) in [5, 5.41) is 12.8. The topological polar surface area (TPSA) is 61.8 Å². The fraction of sp³-hybridized carbons (Fsp3) is 0.917. The molecule has 5 nitrogen and oxygen atoms in total. The Labute approximate surface area is 103 Å². The van der Waals surface area contributed by atoms with E-state index in [1.54, 1.807) is 0 Å². The van der Waals surface area contributed by atoms with Gasteiger partial charge in [-0.05, 0) is 33.6 Å². The number of piperidine rings is 1. The summed E-state index contributed by atoms with van der Waals surface area (Å²) in [5.74, 6) is -0.0249. The quantitative estimate of drug-likeness (QED) is 0.717. The van der Waals surface area contributed by atoms with Gasteiger partial charge in [-0.25, -0.2) is 0 Å². The maximum absolute atomic E-state index is 11.0. The molecule has 0 saturated carbocycles. The van der Waals surface area contributed by atoms with E-state index in [0.717, 1.165) is 19.4 Å². The normalized spacial score (nSPS) is 24.4. The van der Waals surface area contributed by atoms with Crippen molar-refractivity contribution in [3.05, 3.63) is 0 Å². The first kappa shape index (κ1) is 14.4. The molecule has 2 N–H and O–H groups in total. The summed E-state index contributed by atoms with van der Waals surface area (Å²) < 4.78 is 5.50. The van der Waals surface area contributed by atoms with Crippen molar-refractivity contribution in [2.24, 2.45) is 0 Å². The van der Waals surface area contributed by atoms with Crippen LogP contribution >= 0.6 is 0 Å². The maximum Gasteiger partial charge on any atom is 0.217 e. The number of hydrogen-bond donors (Lipinski definition) is 2. The van der Waals surface area contributed by atoms with Gasteiger partial charge in [-0.1, -0.05) is 0 Å². The smallest absolute Gasteiger partial charge is 0.217 e. The molecule has 0 aromatic carbocycles. The summed E-state index contributed by atoms with van der Waals surface area (Å²) in [6.45, 7) is 8.67. The van der Waals surface area contributed by atoms with Crippen molar-refractivity contribution < 1.29 is 14.6 Å². The highest BCUT2D eigenvalue weighted by Crippen LogP contribution is 2.17. The predicted molar refractivity (Wildman–Crippen MR) is 65.3 cm³/mol. The molecular formula is C12H24N2O3. The van der Waals surface area contributed by atoms with Crippen LogP contribution in [0.1, 0.15) is 40.5 Å². The number of aliphatic hydroxyl groups is 1. The lowest BCUT2D eigenvalue weighted by Gasteiger charge is -2.37. The second-order valence-corrected chi connectivity index (χ2v) is 5.59. The van der Waals surface area contributed by atoms with Crippen LogP contribution in [0.25, 0.3) is 0 Å². The van der Waals surface area contributed by atoms with Gasteiger partial charge in [0.2, 0.25) is 12.3 Å². The Bertz CT molecular complexity index is 263. The highest BCUT2D eigenvalue weighted by atomic mass is 16.6. The van der Waals surface area contributed by atoms with E-state index in [4.69, 9.17) is 4.74 Å². The minimum absolute atomic E-state index is 0.0249. The Balaban J connectivity index is 2.45. The van der Waals surface area contributed by atoms with Gasteiger partial charge < -0.3 is 15.2 Å². The molecule has 0 spiro atoms. The van der Waals surface area contributed by atoms with Crippen molar-refractivity contribution in [2.75, 3.05) is 13.1 Å². The average molecular weight is 244 g/mol. The van der Waals surface area contributed by atoms with Crippen molar-refractivity contribution in [1.82, 2.24) is 10.2 Å². The SMILES string of the molecule is CC(=O)N[C@@H]1CCCN(C(O)OC(C)(C)C)C1. The predicted octanol–water partition coefficient (Wildman–Crippen LogP) is 0.678. The largest absolute Gasteiger partial charge is 0.356 e. The summed E-state index contributed by atoms with van der Waals surface area (Å²) in [6, 6.07) is 0.111. The standard InChI is InChI=1S/C12H24N2O3/c1-9(15)13-10-6-5-7-14(8-10)11(16)17-12(2,3)4/h10-11,16H,5-8H2,1-4H3,(H,13,15)/t10-,11?/m1/s1. The maximum atomic E-state index is 11.0. The molecule has 1 rings (SSSR count). The lowest BCUT2D eigenvalue weighted by Crippen LogP contribution is -2.52. The second kappa shape index (κ2) is 5.80. The monoisotopic (exact) mass is 244 g/mol. The summed E-state index contributed by atoms with van der Waals surface area (Å²) in [5.41, 5.74) is -0.375. The van der Waals surface area contributed by atoms with Gasteiger partial charge >= 0.3 is 0 Å². The van der Waals surface area contributed by atoms with Crippen LogP contribution in [0.4, 0.5) is 0 Å². The average Bonchev–Trinajstić information content (AvgIpc) is 2.14. The third kappa shape index (κ3) is 5.48. The Morgan fingerprint density at radius 1 is 1.53 bits per heavy atom. The zero-order valence-electron chi connectivity index (χ0n) is 11.2. The Morgan fingerprint density at radius 2 is 2.18 bits per heavy atom. The lowest BCUT2D eigenvalue weighted by atomic mass is 10.1. The molecule has 1 amide bonds. The minimum Gasteiger partial charge on any atom is -0.356 e. The van der Waals surface area contributed by atoms with Crippen molar-refractivity contribution >= 4 is 5.91 Å². The van der Waals surface area contributed by atoms with E-state index in [1.807, 2.05) is 25.7 Å². The Hall–Kier alpha value is -0.650. The number of aliphatic hydroxyl groups excluding tert-OH is 1. The number of nitrogens with one attached hydrogen (secondary N) is 1. The van der Waals surface area contributed by atoms with Crippen LogP contribution in [0.3, 0.4) is 0 Å². The van der Waals surface area contributed by atoms with Gasteiger partial charge in [0.1, 0.15) is 0 Å². The van der Waals surface area contributed by atoms with Crippen LogP contribution in [0.5, 0.6) is 0 Å². The first-order chi connectivity index (χ1) is 7.78. The summed E-state index contributed by atoms with van der Waals surface area (Å²) in [6.07, 6.45) is 1.01. The van der Waals surface area contributed by atoms with Crippen LogP contribution < -0.4 is 5.32 Å². The van der Waals surface area contributed by atoms with Crippen LogP contribution in [-0.2, 0) is 9.53 Å². The number of carbonyl (C=O) groups excluding carboxylic acids is 1. The summed E-state index contributed by atoms with van der Waals surface area (Å²) in [7, 11) is 0. The van der Waals surface area contributed by atoms with Gasteiger partial charge in [-0.3, -0.25) is 9.69 Å². The van der Waals surface area contributed by atoms with E-state index in [2.05, 4.69) is 5.32 Å². The van der Waals surface area contributed by atoms with Crippen LogP contribution in [0.2, 0.25) is 0 Å². The molecule has 17 heavy (non-hydrogen) atoms. The highest BCUT2D eigenvalue weighted by Gasteiger charge is 2.28. The third-order valence-electron chi connectivity index (χ3n) is 2.63. The fourth-order valence-electron chi connectivity index (χ4n) is 2.00. The molecule has 1 unspecified atom stereocenters. The number of hydrogen-bond acceptors (Lipinski definition) is 4. The van der Waals surface area contributed by atoms with Gasteiger partial charge in [0.15, 0.2) is 0 Å². The van der Waals surface area contributed by atoms with Gasteiger partial charge in [0.25, 0.3) is 0 Å². The van der Waals surface area contributed by atoms with Crippen LogP contribution in [-0.4, -0.2) is 47.1 Å². The van der Waals surface area contributed by atoms with E-state index < -0.39 is 6.41 Å². The molecule has 1 heterocycles. The van der Waals surface area contributed by atoms with Gasteiger partial charge in [-0.2, -0.15) is 0 Å². The van der Waals surface area contributed by atoms with Gasteiger partial charge in [-0.15, -0.1) is 0 Å². The van der Waals surface area contributed by atoms with E-state index in [1.165, 1.54) is 6.92 Å². The highest BCUT2D eigenvalue weighted by molar-refractivity contribution is 5.73. The molecule has 0 aliphatic carbocycles. The van der Waals surface area contributed by atoms with E-state index in [-0.39, 0.29) is 17.6 Å². The number of ether oxygens (including phenoxy) is 1. The van der Waals surface area contributed by atoms with Crippen molar-refractivity contribution in [3.8, 4) is 0 Å². The van der Waals surface area contributed by atoms with Crippen LogP contribution in [0, 0.1) is 0 Å². The summed E-state index contributed by atoms with van der Waals surface area (Å²) in [4.78, 5) is 12.9. The Kier molecular flexibility index (Phi) is 4.91. The van der Waals surface area contributed by atoms with Crippen molar-refractivity contribution in [3.63, 3.8) is 0 Å². The number of likely N-dealkylation sites (tertiary alicyclic amines) is 1.